The highest BCUT2D eigenvalue weighted by atomic mass is 16.5. The van der Waals surface area contributed by atoms with Crippen molar-refractivity contribution in [3.05, 3.63) is 54.0 Å². The van der Waals surface area contributed by atoms with E-state index in [4.69, 9.17) is 14.2 Å². The van der Waals surface area contributed by atoms with Crippen LogP contribution in [-0.4, -0.2) is 79.5 Å². The molecule has 0 spiro atoms. The molecule has 3 aromatic rings. The van der Waals surface area contributed by atoms with Crippen molar-refractivity contribution in [2.45, 2.75) is 44.4 Å². The van der Waals surface area contributed by atoms with E-state index in [9.17, 15) is 4.79 Å². The molecule has 1 unspecified atom stereocenters. The molecular formula is C28H35N5O4. The van der Waals surface area contributed by atoms with E-state index in [1.54, 1.807) is 14.2 Å². The summed E-state index contributed by atoms with van der Waals surface area (Å²) < 4.78 is 16.4. The fourth-order valence-corrected chi connectivity index (χ4v) is 5.19. The summed E-state index contributed by atoms with van der Waals surface area (Å²) in [6.07, 6.45) is 4.28. The lowest BCUT2D eigenvalue weighted by atomic mass is 9.99. The number of amides is 1. The van der Waals surface area contributed by atoms with Gasteiger partial charge in [0.1, 0.15) is 23.6 Å². The number of rotatable bonds is 7. The summed E-state index contributed by atoms with van der Waals surface area (Å²) in [4.78, 5) is 24.1. The zero-order valence-electron chi connectivity index (χ0n) is 21.7. The van der Waals surface area contributed by atoms with Crippen molar-refractivity contribution in [1.29, 1.82) is 0 Å². The second-order valence-corrected chi connectivity index (χ2v) is 9.73. The number of nitrogens with one attached hydrogen (secondary N) is 2. The van der Waals surface area contributed by atoms with Gasteiger partial charge in [0.25, 0.3) is 5.91 Å². The largest absolute Gasteiger partial charge is 0.497 e. The van der Waals surface area contributed by atoms with Gasteiger partial charge in [0.05, 0.1) is 19.8 Å². The minimum Gasteiger partial charge on any atom is -0.497 e. The molecule has 1 amide bonds. The lowest BCUT2D eigenvalue weighted by Crippen LogP contribution is -2.54. The van der Waals surface area contributed by atoms with Crippen LogP contribution in [0.15, 0.2) is 42.7 Å². The van der Waals surface area contributed by atoms with Crippen molar-refractivity contribution >= 4 is 28.2 Å². The van der Waals surface area contributed by atoms with Crippen molar-refractivity contribution in [2.75, 3.05) is 45.8 Å². The molecule has 0 saturated carbocycles. The number of anilines is 2. The zero-order valence-corrected chi connectivity index (χ0v) is 21.7. The van der Waals surface area contributed by atoms with E-state index in [1.807, 2.05) is 42.2 Å². The molecule has 2 aliphatic rings. The first-order valence-corrected chi connectivity index (χ1v) is 12.9. The van der Waals surface area contributed by atoms with Gasteiger partial charge in [0.2, 0.25) is 0 Å². The standard InChI is InChI=1S/C28H35N5O4/c1-18-26(28(34)33-11-8-21(9-12-33)31-24-10-13-37-16-25(24)36-3)29-17-30-27(18)32-22-6-4-20-15-23(35-2)7-5-19(20)14-22/h4-7,14-15,17,21,24-25,31H,8-13,16H2,1-3H3,(H,29,30,32)/t24-,25?/m0/s1. The Morgan fingerprint density at radius 3 is 2.62 bits per heavy atom. The number of hydrogen-bond donors (Lipinski definition) is 2. The van der Waals surface area contributed by atoms with Crippen molar-refractivity contribution < 1.29 is 19.0 Å². The van der Waals surface area contributed by atoms with Crippen LogP contribution < -0.4 is 15.4 Å². The van der Waals surface area contributed by atoms with Gasteiger partial charge in [-0.05, 0) is 61.2 Å². The number of fused-ring (bicyclic) bond motifs is 1. The lowest BCUT2D eigenvalue weighted by molar-refractivity contribution is -0.0533. The molecule has 5 rings (SSSR count). The van der Waals surface area contributed by atoms with Crippen LogP contribution >= 0.6 is 0 Å². The number of carbonyl (C=O) groups excluding carboxylic acids is 1. The van der Waals surface area contributed by atoms with Crippen molar-refractivity contribution in [1.82, 2.24) is 20.2 Å². The molecule has 3 heterocycles. The number of carbonyl (C=O) groups is 1. The summed E-state index contributed by atoms with van der Waals surface area (Å²) in [5, 5.41) is 9.28. The first kappa shape index (κ1) is 25.4. The van der Waals surface area contributed by atoms with Gasteiger partial charge >= 0.3 is 0 Å². The first-order chi connectivity index (χ1) is 18.1. The molecule has 2 atom stereocenters. The molecule has 2 N–H and O–H groups in total. The Morgan fingerprint density at radius 1 is 1.05 bits per heavy atom. The molecule has 196 valence electrons. The van der Waals surface area contributed by atoms with Gasteiger partial charge < -0.3 is 29.7 Å². The lowest BCUT2D eigenvalue weighted by Gasteiger charge is -2.38. The zero-order chi connectivity index (χ0) is 25.8. The first-order valence-electron chi connectivity index (χ1n) is 12.9. The topological polar surface area (TPSA) is 97.8 Å². The highest BCUT2D eigenvalue weighted by Gasteiger charge is 2.31. The van der Waals surface area contributed by atoms with Gasteiger partial charge in [-0.3, -0.25) is 4.79 Å². The van der Waals surface area contributed by atoms with E-state index >= 15 is 0 Å². The van der Waals surface area contributed by atoms with E-state index in [1.165, 1.54) is 6.33 Å². The SMILES string of the molecule is COc1ccc2cc(Nc3ncnc(C(=O)N4CCC(N[C@H]5CCOCC5OC)CC4)c3C)ccc2c1. The van der Waals surface area contributed by atoms with Gasteiger partial charge in [-0.15, -0.1) is 0 Å². The minimum atomic E-state index is -0.0483. The van der Waals surface area contributed by atoms with E-state index in [-0.39, 0.29) is 12.0 Å². The van der Waals surface area contributed by atoms with Gasteiger partial charge in [0, 0.05) is 50.1 Å². The predicted octanol–water partition coefficient (Wildman–Crippen LogP) is 3.69. The van der Waals surface area contributed by atoms with Crippen LogP contribution in [0.2, 0.25) is 0 Å². The van der Waals surface area contributed by atoms with Crippen LogP contribution in [0, 0.1) is 6.92 Å². The molecule has 2 saturated heterocycles. The Hall–Kier alpha value is -3.27. The second kappa shape index (κ2) is 11.4. The van der Waals surface area contributed by atoms with Crippen LogP contribution in [0.4, 0.5) is 11.5 Å². The summed E-state index contributed by atoms with van der Waals surface area (Å²) in [6, 6.07) is 12.7. The summed E-state index contributed by atoms with van der Waals surface area (Å²) in [5.74, 6) is 1.41. The molecule has 0 aliphatic carbocycles. The number of methoxy groups -OCH3 is 2. The van der Waals surface area contributed by atoms with Crippen LogP contribution in [0.1, 0.15) is 35.3 Å². The molecule has 9 heteroatoms. The molecule has 0 radical (unpaired) electrons. The average Bonchev–Trinajstić information content (AvgIpc) is 2.94. The highest BCUT2D eigenvalue weighted by Crippen LogP contribution is 2.27. The fourth-order valence-electron chi connectivity index (χ4n) is 5.19. The maximum absolute atomic E-state index is 13.4. The van der Waals surface area contributed by atoms with E-state index < -0.39 is 0 Å². The summed E-state index contributed by atoms with van der Waals surface area (Å²) in [6.45, 7) is 4.66. The third-order valence-corrected chi connectivity index (χ3v) is 7.44. The van der Waals surface area contributed by atoms with Gasteiger partial charge in [-0.2, -0.15) is 0 Å². The molecule has 1 aromatic heterocycles. The van der Waals surface area contributed by atoms with Crippen LogP contribution in [0.5, 0.6) is 5.75 Å². The molecule has 37 heavy (non-hydrogen) atoms. The van der Waals surface area contributed by atoms with Crippen LogP contribution in [0.3, 0.4) is 0 Å². The van der Waals surface area contributed by atoms with Gasteiger partial charge in [-0.1, -0.05) is 12.1 Å². The monoisotopic (exact) mass is 505 g/mol. The molecule has 9 nitrogen and oxygen atoms in total. The molecule has 2 fully saturated rings. The average molecular weight is 506 g/mol. The number of ether oxygens (including phenoxy) is 3. The molecule has 0 bridgehead atoms. The summed E-state index contributed by atoms with van der Waals surface area (Å²) in [7, 11) is 3.40. The second-order valence-electron chi connectivity index (χ2n) is 9.73. The maximum atomic E-state index is 13.4. The Labute approximate surface area is 217 Å². The predicted molar refractivity (Wildman–Crippen MR) is 143 cm³/mol. The van der Waals surface area contributed by atoms with Crippen LogP contribution in [0.25, 0.3) is 10.8 Å². The van der Waals surface area contributed by atoms with Crippen molar-refractivity contribution in [3.8, 4) is 5.75 Å². The third kappa shape index (κ3) is 5.69. The summed E-state index contributed by atoms with van der Waals surface area (Å²) in [5.41, 5.74) is 2.08. The van der Waals surface area contributed by atoms with Gasteiger partial charge in [0.15, 0.2) is 0 Å². The van der Waals surface area contributed by atoms with Crippen molar-refractivity contribution in [3.63, 3.8) is 0 Å². The normalized spacial score (nSPS) is 20.7. The molecular weight excluding hydrogens is 470 g/mol. The van der Waals surface area contributed by atoms with Gasteiger partial charge in [-0.25, -0.2) is 9.97 Å². The number of hydrogen-bond acceptors (Lipinski definition) is 8. The number of piperidine rings is 1. The quantitative estimate of drug-likeness (QED) is 0.502. The minimum absolute atomic E-state index is 0.0483. The smallest absolute Gasteiger partial charge is 0.272 e. The van der Waals surface area contributed by atoms with Crippen LogP contribution in [-0.2, 0) is 9.47 Å². The summed E-state index contributed by atoms with van der Waals surface area (Å²) >= 11 is 0. The Morgan fingerprint density at radius 2 is 1.84 bits per heavy atom. The number of likely N-dealkylation sites (tertiary alicyclic amines) is 1. The number of benzene rings is 2. The van der Waals surface area contributed by atoms with E-state index in [0.717, 1.165) is 53.6 Å². The van der Waals surface area contributed by atoms with E-state index in [0.29, 0.717) is 43.3 Å². The van der Waals surface area contributed by atoms with Crippen molar-refractivity contribution in [2.24, 2.45) is 0 Å². The maximum Gasteiger partial charge on any atom is 0.272 e. The highest BCUT2D eigenvalue weighted by molar-refractivity contribution is 5.95. The molecule has 2 aliphatic heterocycles. The Balaban J connectivity index is 1.23. The van der Waals surface area contributed by atoms with E-state index in [2.05, 4.69) is 26.7 Å². The fraction of sp³-hybridized carbons (Fsp3) is 0.464. The Kier molecular flexibility index (Phi) is 7.83. The third-order valence-electron chi connectivity index (χ3n) is 7.44. The Bertz CT molecular complexity index is 1240. The number of nitrogens with zero attached hydrogens (tertiary/aromatic N) is 3. The number of aromatic nitrogens is 2. The molecule has 2 aromatic carbocycles.